The summed E-state index contributed by atoms with van der Waals surface area (Å²) in [6, 6.07) is 7.93. The van der Waals surface area contributed by atoms with Gasteiger partial charge in [0.05, 0.1) is 4.87 Å². The fraction of sp³-hybridized carbons (Fsp3) is 0.600. The number of hydrogen-bond donors (Lipinski definition) is 1. The van der Waals surface area contributed by atoms with Crippen molar-refractivity contribution < 1.29 is 9.59 Å². The van der Waals surface area contributed by atoms with Crippen LogP contribution in [0.2, 0.25) is 0 Å². The molecule has 0 spiro atoms. The number of nitrogens with one attached hydrogen (secondary N) is 1. The van der Waals surface area contributed by atoms with Gasteiger partial charge in [-0.1, -0.05) is 38.1 Å². The summed E-state index contributed by atoms with van der Waals surface area (Å²) < 4.78 is 0. The Morgan fingerprint density at radius 1 is 1.31 bits per heavy atom. The topological polar surface area (TPSA) is 52.7 Å². The average molecular weight is 376 g/mol. The molecule has 5 nitrogen and oxygen atoms in total. The third-order valence-electron chi connectivity index (χ3n) is 5.61. The first-order chi connectivity index (χ1) is 12.5. The second kappa shape index (κ2) is 8.01. The molecule has 0 aliphatic carbocycles. The molecule has 1 aromatic rings. The van der Waals surface area contributed by atoms with Crippen LogP contribution in [0.1, 0.15) is 44.7 Å². The molecule has 2 heterocycles. The van der Waals surface area contributed by atoms with Gasteiger partial charge in [0.15, 0.2) is 0 Å². The minimum atomic E-state index is -0.338. The lowest BCUT2D eigenvalue weighted by Gasteiger charge is -2.30. The Morgan fingerprint density at radius 2 is 2.00 bits per heavy atom. The van der Waals surface area contributed by atoms with Crippen LogP contribution in [0.4, 0.5) is 0 Å². The Morgan fingerprint density at radius 3 is 2.69 bits per heavy atom. The molecule has 3 rings (SSSR count). The highest BCUT2D eigenvalue weighted by molar-refractivity contribution is 8.01. The first-order valence-corrected chi connectivity index (χ1v) is 10.5. The van der Waals surface area contributed by atoms with E-state index >= 15 is 0 Å². The number of fused-ring (bicyclic) bond motifs is 1. The van der Waals surface area contributed by atoms with Crippen molar-refractivity contribution in [2.24, 2.45) is 0 Å². The van der Waals surface area contributed by atoms with Gasteiger partial charge in [0.1, 0.15) is 6.04 Å². The lowest BCUT2D eigenvalue weighted by Crippen LogP contribution is -2.49. The lowest BCUT2D eigenvalue weighted by molar-refractivity contribution is -0.138. The predicted octanol–water partition coefficient (Wildman–Crippen LogP) is 2.60. The lowest BCUT2D eigenvalue weighted by atomic mass is 10.1. The van der Waals surface area contributed by atoms with Crippen molar-refractivity contribution in [3.63, 3.8) is 0 Å². The van der Waals surface area contributed by atoms with E-state index in [1.807, 2.05) is 17.0 Å². The molecule has 2 amide bonds. The molecule has 0 radical (unpaired) electrons. The van der Waals surface area contributed by atoms with E-state index in [2.05, 4.69) is 43.1 Å². The van der Waals surface area contributed by atoms with Crippen LogP contribution in [-0.2, 0) is 22.7 Å². The molecule has 0 saturated carbocycles. The van der Waals surface area contributed by atoms with E-state index in [0.717, 1.165) is 31.6 Å². The maximum Gasteiger partial charge on any atom is 0.243 e. The standard InChI is InChI=1S/C20H29N3O2S/c1-4-22(5-2)13-16-9-7-6-8-15(16)12-21-19(25)17-14-26-20(3)11-10-18(24)23(17)20/h6-9,17H,4-5,10-14H2,1-3H3,(H,21,25). The number of nitrogens with zero attached hydrogens (tertiary/aromatic N) is 2. The molecule has 2 atom stereocenters. The molecule has 0 aromatic heterocycles. The van der Waals surface area contributed by atoms with Crippen molar-refractivity contribution in [3.8, 4) is 0 Å². The smallest absolute Gasteiger partial charge is 0.243 e. The zero-order valence-electron chi connectivity index (χ0n) is 16.0. The van der Waals surface area contributed by atoms with Gasteiger partial charge < -0.3 is 10.2 Å². The van der Waals surface area contributed by atoms with Gasteiger partial charge in [0, 0.05) is 25.3 Å². The first kappa shape index (κ1) is 19.2. The zero-order valence-corrected chi connectivity index (χ0v) is 16.8. The van der Waals surface area contributed by atoms with Gasteiger partial charge in [-0.25, -0.2) is 0 Å². The van der Waals surface area contributed by atoms with E-state index in [0.29, 0.717) is 18.7 Å². The van der Waals surface area contributed by atoms with Crippen LogP contribution in [-0.4, -0.2) is 51.4 Å². The number of carbonyl (C=O) groups is 2. The minimum Gasteiger partial charge on any atom is -0.350 e. The number of carbonyl (C=O) groups excluding carboxylic acids is 2. The maximum atomic E-state index is 12.8. The van der Waals surface area contributed by atoms with E-state index in [1.165, 1.54) is 5.56 Å². The second-order valence-electron chi connectivity index (χ2n) is 7.21. The van der Waals surface area contributed by atoms with Crippen LogP contribution in [0.3, 0.4) is 0 Å². The molecule has 0 bridgehead atoms. The monoisotopic (exact) mass is 375 g/mol. The molecule has 2 saturated heterocycles. The minimum absolute atomic E-state index is 0.0332. The van der Waals surface area contributed by atoms with Crippen molar-refractivity contribution in [1.82, 2.24) is 15.1 Å². The van der Waals surface area contributed by atoms with Gasteiger partial charge in [-0.3, -0.25) is 14.5 Å². The Labute approximate surface area is 160 Å². The van der Waals surface area contributed by atoms with Crippen LogP contribution < -0.4 is 5.32 Å². The summed E-state index contributed by atoms with van der Waals surface area (Å²) >= 11 is 1.73. The maximum absolute atomic E-state index is 12.8. The van der Waals surface area contributed by atoms with Crippen LogP contribution >= 0.6 is 11.8 Å². The van der Waals surface area contributed by atoms with Crippen molar-refractivity contribution in [1.29, 1.82) is 0 Å². The van der Waals surface area contributed by atoms with Crippen LogP contribution in [0, 0.1) is 0 Å². The molecular formula is C20H29N3O2S. The van der Waals surface area contributed by atoms with Crippen molar-refractivity contribution in [2.75, 3.05) is 18.8 Å². The van der Waals surface area contributed by atoms with Gasteiger partial charge in [0.2, 0.25) is 11.8 Å². The summed E-state index contributed by atoms with van der Waals surface area (Å²) in [6.45, 7) is 9.82. The first-order valence-electron chi connectivity index (χ1n) is 9.51. The van der Waals surface area contributed by atoms with Crippen LogP contribution in [0.15, 0.2) is 24.3 Å². The summed E-state index contributed by atoms with van der Waals surface area (Å²) in [6.07, 6.45) is 1.40. The molecule has 2 aliphatic rings. The van der Waals surface area contributed by atoms with Gasteiger partial charge in [-0.15, -0.1) is 11.8 Å². The number of hydrogen-bond acceptors (Lipinski definition) is 4. The molecule has 6 heteroatoms. The summed E-state index contributed by atoms with van der Waals surface area (Å²) in [5.41, 5.74) is 2.40. The van der Waals surface area contributed by atoms with E-state index in [1.54, 1.807) is 11.8 Å². The Hall–Kier alpha value is -1.53. The Balaban J connectivity index is 1.64. The highest BCUT2D eigenvalue weighted by atomic mass is 32.2. The number of benzene rings is 1. The van der Waals surface area contributed by atoms with Crippen molar-refractivity contribution in [2.45, 2.75) is 57.6 Å². The van der Waals surface area contributed by atoms with Crippen LogP contribution in [0.5, 0.6) is 0 Å². The van der Waals surface area contributed by atoms with Crippen LogP contribution in [0.25, 0.3) is 0 Å². The number of rotatable bonds is 7. The fourth-order valence-electron chi connectivity index (χ4n) is 3.89. The SMILES string of the molecule is CCN(CC)Cc1ccccc1CNC(=O)C1CSC2(C)CCC(=O)N12. The average Bonchev–Trinajstić information content (AvgIpc) is 3.14. The van der Waals surface area contributed by atoms with Gasteiger partial charge in [-0.2, -0.15) is 0 Å². The van der Waals surface area contributed by atoms with Crippen molar-refractivity contribution >= 4 is 23.6 Å². The highest BCUT2D eigenvalue weighted by Crippen LogP contribution is 2.47. The third-order valence-corrected chi connectivity index (χ3v) is 7.11. The summed E-state index contributed by atoms with van der Waals surface area (Å²) in [7, 11) is 0. The molecule has 142 valence electrons. The van der Waals surface area contributed by atoms with E-state index < -0.39 is 0 Å². The second-order valence-corrected chi connectivity index (χ2v) is 8.71. The molecule has 2 fully saturated rings. The quantitative estimate of drug-likeness (QED) is 0.796. The number of thioether (sulfide) groups is 1. The Kier molecular flexibility index (Phi) is 5.92. The normalized spacial score (nSPS) is 25.0. The van der Waals surface area contributed by atoms with Gasteiger partial charge in [0.25, 0.3) is 0 Å². The van der Waals surface area contributed by atoms with E-state index in [-0.39, 0.29) is 22.7 Å². The van der Waals surface area contributed by atoms with Crippen molar-refractivity contribution in [3.05, 3.63) is 35.4 Å². The molecule has 2 unspecified atom stereocenters. The zero-order chi connectivity index (χ0) is 18.7. The predicted molar refractivity (Wildman–Crippen MR) is 106 cm³/mol. The molecule has 26 heavy (non-hydrogen) atoms. The molecule has 1 N–H and O–H groups in total. The molecular weight excluding hydrogens is 346 g/mol. The molecule has 2 aliphatic heterocycles. The van der Waals surface area contributed by atoms with Gasteiger partial charge >= 0.3 is 0 Å². The summed E-state index contributed by atoms with van der Waals surface area (Å²) in [5, 5.41) is 3.08. The number of amides is 2. The molecule has 1 aromatic carbocycles. The van der Waals surface area contributed by atoms with E-state index in [9.17, 15) is 9.59 Å². The fourth-order valence-corrected chi connectivity index (χ4v) is 5.32. The summed E-state index contributed by atoms with van der Waals surface area (Å²) in [5.74, 6) is 0.767. The Bertz CT molecular complexity index is 677. The highest BCUT2D eigenvalue weighted by Gasteiger charge is 2.52. The largest absolute Gasteiger partial charge is 0.350 e. The van der Waals surface area contributed by atoms with E-state index in [4.69, 9.17) is 0 Å². The third kappa shape index (κ3) is 3.76. The van der Waals surface area contributed by atoms with Gasteiger partial charge in [-0.05, 0) is 37.6 Å². The summed E-state index contributed by atoms with van der Waals surface area (Å²) in [4.78, 5) is 29.0.